The van der Waals surface area contributed by atoms with Gasteiger partial charge in [0, 0.05) is 37.4 Å². The molecule has 57 heavy (non-hydrogen) atoms. The number of carbonyl (C=O) groups excluding carboxylic acids is 1. The zero-order valence-corrected chi connectivity index (χ0v) is 41.0. The standard InChI is InChI=1S/C45H88N2O9Si/c1-21-35-45(15,50)40(56-57(19,20)42(9,10)11)32(7)47(18)26-27(2)24-44(14,49)39(55-36-23-34(46(16)17)22-28(3)51-36)29(4)38(30(5)41(48)53-35)54-37-25-43(12,13)31(6)33(8)52-37/h27-40,49-50H,21-26H2,1-20H3/t27-,28-,29+,30-,31+,32-,33+,34+,35-,36?,37?,38+,39-,40-,44-,45-/m1/s1. The Labute approximate surface area is 349 Å². The van der Waals surface area contributed by atoms with Crippen LogP contribution in [0.25, 0.3) is 0 Å². The van der Waals surface area contributed by atoms with Crippen LogP contribution in [0.2, 0.25) is 18.1 Å². The monoisotopic (exact) mass is 829 g/mol. The lowest BCUT2D eigenvalue weighted by atomic mass is 9.72. The molecule has 0 amide bonds. The smallest absolute Gasteiger partial charge is 0.311 e. The summed E-state index contributed by atoms with van der Waals surface area (Å²) in [5.41, 5.74) is -2.96. The van der Waals surface area contributed by atoms with Crippen LogP contribution in [0.5, 0.6) is 0 Å². The van der Waals surface area contributed by atoms with Crippen LogP contribution in [0.4, 0.5) is 0 Å². The van der Waals surface area contributed by atoms with Gasteiger partial charge in [0.1, 0.15) is 11.7 Å². The Morgan fingerprint density at radius 3 is 2.02 bits per heavy atom. The number of esters is 1. The molecule has 0 radical (unpaired) electrons. The van der Waals surface area contributed by atoms with Crippen LogP contribution >= 0.6 is 0 Å². The van der Waals surface area contributed by atoms with E-state index >= 15 is 0 Å². The summed E-state index contributed by atoms with van der Waals surface area (Å²) >= 11 is 0. The van der Waals surface area contributed by atoms with Crippen molar-refractivity contribution in [2.75, 3.05) is 27.7 Å². The molecule has 3 rings (SSSR count). The Hall–Kier alpha value is -0.673. The van der Waals surface area contributed by atoms with Gasteiger partial charge in [0.2, 0.25) is 0 Å². The van der Waals surface area contributed by atoms with E-state index in [4.69, 9.17) is 28.1 Å². The summed E-state index contributed by atoms with van der Waals surface area (Å²) in [6.07, 6.45) is -1.38. The maximum absolute atomic E-state index is 14.7. The van der Waals surface area contributed by atoms with E-state index in [1.54, 1.807) is 6.92 Å². The van der Waals surface area contributed by atoms with Crippen molar-refractivity contribution in [2.24, 2.45) is 29.1 Å². The minimum Gasteiger partial charge on any atom is -0.459 e. The zero-order valence-electron chi connectivity index (χ0n) is 40.0. The molecule has 11 nitrogen and oxygen atoms in total. The van der Waals surface area contributed by atoms with E-state index in [9.17, 15) is 15.0 Å². The summed E-state index contributed by atoms with van der Waals surface area (Å²) in [5.74, 6) is -1.49. The highest BCUT2D eigenvalue weighted by atomic mass is 28.4. The molecule has 3 aliphatic heterocycles. The molecule has 3 aliphatic rings. The summed E-state index contributed by atoms with van der Waals surface area (Å²) in [4.78, 5) is 19.1. The van der Waals surface area contributed by atoms with Crippen LogP contribution < -0.4 is 0 Å². The lowest BCUT2D eigenvalue weighted by Gasteiger charge is -2.49. The Balaban J connectivity index is 2.21. The number of cyclic esters (lactones) is 1. The molecule has 3 fully saturated rings. The fraction of sp³-hybridized carbons (Fsp3) is 0.978. The summed E-state index contributed by atoms with van der Waals surface area (Å²) < 4.78 is 40.6. The number of hydrogen-bond acceptors (Lipinski definition) is 11. The van der Waals surface area contributed by atoms with Gasteiger partial charge in [-0.25, -0.2) is 0 Å². The highest BCUT2D eigenvalue weighted by molar-refractivity contribution is 6.74. The minimum atomic E-state index is -2.43. The number of rotatable bonds is 8. The molecular weight excluding hydrogens is 741 g/mol. The second kappa shape index (κ2) is 19.2. The maximum Gasteiger partial charge on any atom is 0.311 e. The predicted octanol–water partition coefficient (Wildman–Crippen LogP) is 7.86. The van der Waals surface area contributed by atoms with Crippen LogP contribution in [-0.4, -0.2) is 134 Å². The molecule has 12 heteroatoms. The first-order valence-electron chi connectivity index (χ1n) is 22.2. The number of hydrogen-bond donors (Lipinski definition) is 2. The predicted molar refractivity (Wildman–Crippen MR) is 230 cm³/mol. The van der Waals surface area contributed by atoms with E-state index in [-0.39, 0.29) is 40.7 Å². The second-order valence-electron chi connectivity index (χ2n) is 21.7. The van der Waals surface area contributed by atoms with E-state index in [0.29, 0.717) is 38.1 Å². The number of nitrogens with zero attached hydrogens (tertiary/aromatic N) is 2. The van der Waals surface area contributed by atoms with E-state index in [1.807, 2.05) is 34.7 Å². The van der Waals surface area contributed by atoms with Gasteiger partial charge < -0.3 is 48.1 Å². The highest BCUT2D eigenvalue weighted by Gasteiger charge is 2.53. The molecule has 0 aliphatic carbocycles. The summed E-state index contributed by atoms with van der Waals surface area (Å²) in [5, 5.41) is 25.4. The first-order valence-corrected chi connectivity index (χ1v) is 25.1. The lowest BCUT2D eigenvalue weighted by Crippen LogP contribution is -2.63. The maximum atomic E-state index is 14.7. The Kier molecular flexibility index (Phi) is 17.0. The molecule has 0 aromatic carbocycles. The molecule has 16 atom stereocenters. The van der Waals surface area contributed by atoms with Crippen LogP contribution in [-0.2, 0) is 32.9 Å². The van der Waals surface area contributed by atoms with Crippen molar-refractivity contribution in [3.05, 3.63) is 0 Å². The van der Waals surface area contributed by atoms with Gasteiger partial charge in [0.15, 0.2) is 20.9 Å². The van der Waals surface area contributed by atoms with Crippen molar-refractivity contribution < 1.29 is 43.1 Å². The summed E-state index contributed by atoms with van der Waals surface area (Å²) in [7, 11) is 3.78. The third-order valence-corrected chi connectivity index (χ3v) is 19.3. The molecule has 3 heterocycles. The Morgan fingerprint density at radius 2 is 1.49 bits per heavy atom. The zero-order chi connectivity index (χ0) is 43.8. The first-order chi connectivity index (χ1) is 25.9. The van der Waals surface area contributed by atoms with Crippen LogP contribution in [0.1, 0.15) is 136 Å². The minimum absolute atomic E-state index is 0.0107. The molecule has 0 aromatic heterocycles. The number of likely N-dealkylation sites (N-methyl/N-ethyl adjacent to an activating group) is 1. The van der Waals surface area contributed by atoms with Crippen molar-refractivity contribution in [3.8, 4) is 0 Å². The fourth-order valence-electron chi connectivity index (χ4n) is 9.52. The summed E-state index contributed by atoms with van der Waals surface area (Å²) in [6.45, 7) is 36.0. The van der Waals surface area contributed by atoms with Gasteiger partial charge in [-0.15, -0.1) is 0 Å². The van der Waals surface area contributed by atoms with Gasteiger partial charge >= 0.3 is 5.97 Å². The third kappa shape index (κ3) is 12.3. The quantitative estimate of drug-likeness (QED) is 0.184. The molecule has 0 spiro atoms. The number of aliphatic hydroxyl groups is 2. The van der Waals surface area contributed by atoms with Crippen molar-refractivity contribution in [1.29, 1.82) is 0 Å². The lowest BCUT2D eigenvalue weighted by molar-refractivity contribution is -0.291. The molecule has 3 saturated heterocycles. The topological polar surface area (TPSA) is 119 Å². The summed E-state index contributed by atoms with van der Waals surface area (Å²) in [6, 6.07) is -0.00645. The number of carbonyl (C=O) groups is 1. The third-order valence-electron chi connectivity index (χ3n) is 14.8. The van der Waals surface area contributed by atoms with E-state index in [0.717, 1.165) is 6.42 Å². The van der Waals surface area contributed by atoms with Gasteiger partial charge in [-0.1, -0.05) is 62.3 Å². The number of ether oxygens (including phenoxy) is 5. The molecule has 0 bridgehead atoms. The molecule has 0 aromatic rings. The van der Waals surface area contributed by atoms with Crippen molar-refractivity contribution >= 4 is 14.3 Å². The largest absolute Gasteiger partial charge is 0.459 e. The first kappa shape index (κ1) is 50.7. The molecule has 0 saturated carbocycles. The molecule has 336 valence electrons. The average molecular weight is 829 g/mol. The van der Waals surface area contributed by atoms with Crippen molar-refractivity contribution in [3.63, 3.8) is 0 Å². The van der Waals surface area contributed by atoms with Crippen LogP contribution in [0.15, 0.2) is 0 Å². The SMILES string of the molecule is CC[C@H]1OC(=O)[C@H](C)[C@@H](OC2CC(C)(C)[C@@H](C)[C@H](C)O2)[C@H](C)[C@@H](OC2C[C@@H](N(C)C)C[C@@H](C)O2)[C@](C)(O)C[C@@H](C)CN(C)[C@H](C)[C@@H](O[Si](C)(C)C(C)(C)C)[C@]1(C)O. The van der Waals surface area contributed by atoms with Gasteiger partial charge in [-0.3, -0.25) is 4.79 Å². The van der Waals surface area contributed by atoms with Gasteiger partial charge in [0.05, 0.1) is 42.0 Å². The van der Waals surface area contributed by atoms with Crippen molar-refractivity contribution in [1.82, 2.24) is 9.80 Å². The van der Waals surface area contributed by atoms with Gasteiger partial charge in [-0.2, -0.15) is 0 Å². The van der Waals surface area contributed by atoms with Crippen LogP contribution in [0.3, 0.4) is 0 Å². The molecule has 2 N–H and O–H groups in total. The Bertz CT molecular complexity index is 1290. The second-order valence-corrected chi connectivity index (χ2v) is 26.5. The normalized spacial score (nSPS) is 43.9. The van der Waals surface area contributed by atoms with E-state index in [2.05, 4.69) is 106 Å². The van der Waals surface area contributed by atoms with E-state index < -0.39 is 74.3 Å². The van der Waals surface area contributed by atoms with Gasteiger partial charge in [0.25, 0.3) is 0 Å². The fourth-order valence-corrected chi connectivity index (χ4v) is 10.9. The van der Waals surface area contributed by atoms with E-state index in [1.165, 1.54) is 0 Å². The van der Waals surface area contributed by atoms with Gasteiger partial charge in [-0.05, 0) is 117 Å². The van der Waals surface area contributed by atoms with Crippen LogP contribution in [0, 0.1) is 29.1 Å². The Morgan fingerprint density at radius 1 is 0.895 bits per heavy atom. The average Bonchev–Trinajstić information content (AvgIpc) is 3.06. The molecular formula is C45H88N2O9Si. The molecule has 2 unspecified atom stereocenters. The van der Waals surface area contributed by atoms with Crippen molar-refractivity contribution in [2.45, 2.75) is 227 Å². The highest BCUT2D eigenvalue weighted by Crippen LogP contribution is 2.45.